The summed E-state index contributed by atoms with van der Waals surface area (Å²) < 4.78 is 55.4. The zero-order valence-electron chi connectivity index (χ0n) is 17.2. The maximum absolute atomic E-state index is 13.5. The molecule has 5 nitrogen and oxygen atoms in total. The van der Waals surface area contributed by atoms with E-state index in [1.165, 1.54) is 24.3 Å². The molecule has 0 bridgehead atoms. The Morgan fingerprint density at radius 1 is 1.00 bits per heavy atom. The minimum Gasteiger partial charge on any atom is -0.325 e. The summed E-state index contributed by atoms with van der Waals surface area (Å²) in [5.41, 5.74) is 0.0214. The average molecular weight is 551 g/mol. The zero-order valence-corrected chi connectivity index (χ0v) is 19.6. The van der Waals surface area contributed by atoms with Crippen LogP contribution in [0, 0.1) is 5.82 Å². The molecule has 0 aliphatic heterocycles. The first kappa shape index (κ1) is 24.0. The number of alkyl halides is 3. The summed E-state index contributed by atoms with van der Waals surface area (Å²) in [7, 11) is 0. The molecule has 0 fully saturated rings. The minimum absolute atomic E-state index is 0.221. The van der Waals surface area contributed by atoms with Crippen molar-refractivity contribution in [2.24, 2.45) is 0 Å². The second-order valence-corrected chi connectivity index (χ2v) is 8.87. The molecule has 0 spiro atoms. The molecule has 11 heteroatoms. The van der Waals surface area contributed by atoms with E-state index in [0.717, 1.165) is 23.4 Å². The van der Waals surface area contributed by atoms with Crippen molar-refractivity contribution >= 4 is 39.3 Å². The van der Waals surface area contributed by atoms with Gasteiger partial charge in [0, 0.05) is 15.7 Å². The lowest BCUT2D eigenvalue weighted by Gasteiger charge is -2.14. The van der Waals surface area contributed by atoms with Crippen LogP contribution in [-0.2, 0) is 11.0 Å². The van der Waals surface area contributed by atoms with Crippen molar-refractivity contribution < 1.29 is 22.4 Å². The number of benzene rings is 3. The van der Waals surface area contributed by atoms with Crippen LogP contribution in [0.5, 0.6) is 0 Å². The van der Waals surface area contributed by atoms with Crippen molar-refractivity contribution in [1.29, 1.82) is 0 Å². The smallest absolute Gasteiger partial charge is 0.325 e. The number of nitrogens with zero attached hydrogens (tertiary/aromatic N) is 3. The van der Waals surface area contributed by atoms with Crippen molar-refractivity contribution in [2.45, 2.75) is 11.3 Å². The number of carbonyl (C=O) groups excluding carboxylic acids is 1. The summed E-state index contributed by atoms with van der Waals surface area (Å²) >= 11 is 4.01. The quantitative estimate of drug-likeness (QED) is 0.217. The van der Waals surface area contributed by atoms with Crippen LogP contribution < -0.4 is 5.32 Å². The summed E-state index contributed by atoms with van der Waals surface area (Å²) in [6.07, 6.45) is -4.63. The van der Waals surface area contributed by atoms with Gasteiger partial charge in [-0.2, -0.15) is 13.2 Å². The number of hydrogen-bond acceptors (Lipinski definition) is 4. The van der Waals surface area contributed by atoms with Crippen LogP contribution >= 0.6 is 27.7 Å². The third-order valence-electron chi connectivity index (χ3n) is 4.64. The molecule has 1 heterocycles. The Morgan fingerprint density at radius 2 is 1.71 bits per heavy atom. The fourth-order valence-corrected chi connectivity index (χ4v) is 4.25. The lowest BCUT2D eigenvalue weighted by molar-refractivity contribution is -0.137. The number of carbonyl (C=O) groups is 1. The minimum atomic E-state index is -4.63. The Bertz CT molecular complexity index is 1310. The molecule has 0 saturated carbocycles. The van der Waals surface area contributed by atoms with Crippen LogP contribution in [-0.4, -0.2) is 26.4 Å². The number of halogens is 5. The second kappa shape index (κ2) is 9.98. The van der Waals surface area contributed by atoms with Gasteiger partial charge in [0.25, 0.3) is 0 Å². The standard InChI is InChI=1S/C23H15BrF4N4OS/c24-15-6-11-19(18(12-15)23(26,27)28)29-20(33)13-34-22-31-30-21(14-4-2-1-3-5-14)32(22)17-9-7-16(25)8-10-17/h1-12H,13H2,(H,29,33). The first-order valence-electron chi connectivity index (χ1n) is 9.78. The molecule has 1 amide bonds. The van der Waals surface area contributed by atoms with E-state index in [9.17, 15) is 22.4 Å². The van der Waals surface area contributed by atoms with Gasteiger partial charge in [0.15, 0.2) is 11.0 Å². The number of rotatable bonds is 6. The largest absolute Gasteiger partial charge is 0.418 e. The topological polar surface area (TPSA) is 59.8 Å². The number of aromatic nitrogens is 3. The van der Waals surface area contributed by atoms with Crippen molar-refractivity contribution in [3.05, 3.63) is 88.6 Å². The van der Waals surface area contributed by atoms with Gasteiger partial charge >= 0.3 is 6.18 Å². The molecule has 4 rings (SSSR count). The fraction of sp³-hybridized carbons (Fsp3) is 0.0870. The molecule has 0 radical (unpaired) electrons. The van der Waals surface area contributed by atoms with Crippen LogP contribution in [0.1, 0.15) is 5.56 Å². The Balaban J connectivity index is 1.59. The van der Waals surface area contributed by atoms with E-state index >= 15 is 0 Å². The van der Waals surface area contributed by atoms with Gasteiger partial charge in [-0.05, 0) is 42.5 Å². The van der Waals surface area contributed by atoms with Crippen LogP contribution in [0.3, 0.4) is 0 Å². The summed E-state index contributed by atoms with van der Waals surface area (Å²) in [6, 6.07) is 18.3. The summed E-state index contributed by atoms with van der Waals surface area (Å²) in [5, 5.41) is 11.0. The van der Waals surface area contributed by atoms with E-state index < -0.39 is 23.5 Å². The van der Waals surface area contributed by atoms with E-state index in [-0.39, 0.29) is 15.9 Å². The number of anilines is 1. The summed E-state index contributed by atoms with van der Waals surface area (Å²) in [5.74, 6) is -0.807. The summed E-state index contributed by atoms with van der Waals surface area (Å²) in [6.45, 7) is 0. The lowest BCUT2D eigenvalue weighted by Crippen LogP contribution is -2.18. The van der Waals surface area contributed by atoms with E-state index in [1.54, 1.807) is 16.7 Å². The monoisotopic (exact) mass is 550 g/mol. The number of nitrogens with one attached hydrogen (secondary N) is 1. The lowest BCUT2D eigenvalue weighted by atomic mass is 10.1. The molecule has 1 aromatic heterocycles. The first-order chi connectivity index (χ1) is 16.2. The molecule has 0 atom stereocenters. The molecule has 1 N–H and O–H groups in total. The SMILES string of the molecule is O=C(CSc1nnc(-c2ccccc2)n1-c1ccc(F)cc1)Nc1ccc(Br)cc1C(F)(F)F. The molecule has 34 heavy (non-hydrogen) atoms. The third kappa shape index (κ3) is 5.48. The van der Waals surface area contributed by atoms with Crippen LogP contribution in [0.25, 0.3) is 17.1 Å². The van der Waals surface area contributed by atoms with Gasteiger partial charge in [-0.1, -0.05) is 58.0 Å². The predicted octanol–water partition coefficient (Wildman–Crippen LogP) is 6.59. The number of thioether (sulfide) groups is 1. The van der Waals surface area contributed by atoms with Gasteiger partial charge in [-0.25, -0.2) is 4.39 Å². The van der Waals surface area contributed by atoms with Crippen LogP contribution in [0.4, 0.5) is 23.2 Å². The van der Waals surface area contributed by atoms with Crippen molar-refractivity contribution in [2.75, 3.05) is 11.1 Å². The Kier molecular flexibility index (Phi) is 7.03. The van der Waals surface area contributed by atoms with Gasteiger partial charge in [0.1, 0.15) is 5.82 Å². The molecule has 0 aliphatic carbocycles. The molecule has 3 aromatic carbocycles. The molecule has 174 valence electrons. The van der Waals surface area contributed by atoms with Crippen LogP contribution in [0.15, 0.2) is 82.4 Å². The van der Waals surface area contributed by atoms with Crippen LogP contribution in [0.2, 0.25) is 0 Å². The third-order valence-corrected chi connectivity index (χ3v) is 6.07. The van der Waals surface area contributed by atoms with E-state index in [4.69, 9.17) is 0 Å². The number of amides is 1. The molecule has 0 aliphatic rings. The zero-order chi connectivity index (χ0) is 24.3. The highest BCUT2D eigenvalue weighted by atomic mass is 79.9. The molecular formula is C23H15BrF4N4OS. The number of hydrogen-bond donors (Lipinski definition) is 1. The Labute approximate surface area is 204 Å². The van der Waals surface area contributed by atoms with Gasteiger partial charge in [-0.15, -0.1) is 10.2 Å². The maximum Gasteiger partial charge on any atom is 0.418 e. The van der Waals surface area contributed by atoms with Crippen molar-refractivity contribution in [3.63, 3.8) is 0 Å². The maximum atomic E-state index is 13.5. The van der Waals surface area contributed by atoms with E-state index in [1.807, 2.05) is 30.3 Å². The van der Waals surface area contributed by atoms with Gasteiger partial charge < -0.3 is 5.32 Å². The highest BCUT2D eigenvalue weighted by Crippen LogP contribution is 2.37. The van der Waals surface area contributed by atoms with E-state index in [0.29, 0.717) is 16.7 Å². The predicted molar refractivity (Wildman–Crippen MR) is 125 cm³/mol. The molecular weight excluding hydrogens is 536 g/mol. The average Bonchev–Trinajstić information content (AvgIpc) is 3.23. The highest BCUT2D eigenvalue weighted by Gasteiger charge is 2.34. The Morgan fingerprint density at radius 3 is 2.38 bits per heavy atom. The van der Waals surface area contributed by atoms with Gasteiger partial charge in [0.05, 0.1) is 17.0 Å². The normalized spacial score (nSPS) is 11.4. The first-order valence-corrected chi connectivity index (χ1v) is 11.6. The van der Waals surface area contributed by atoms with Gasteiger partial charge in [-0.3, -0.25) is 9.36 Å². The van der Waals surface area contributed by atoms with Gasteiger partial charge in [0.2, 0.25) is 5.91 Å². The second-order valence-electron chi connectivity index (χ2n) is 7.01. The molecule has 4 aromatic rings. The fourth-order valence-electron chi connectivity index (χ4n) is 3.14. The van der Waals surface area contributed by atoms with Crippen molar-refractivity contribution in [3.8, 4) is 17.1 Å². The Hall–Kier alpha value is -3.18. The summed E-state index contributed by atoms with van der Waals surface area (Å²) in [4.78, 5) is 12.5. The molecule has 0 unspecified atom stereocenters. The van der Waals surface area contributed by atoms with E-state index in [2.05, 4.69) is 31.4 Å². The molecule has 0 saturated heterocycles. The highest BCUT2D eigenvalue weighted by molar-refractivity contribution is 9.10. The van der Waals surface area contributed by atoms with Crippen molar-refractivity contribution in [1.82, 2.24) is 14.8 Å².